The van der Waals surface area contributed by atoms with E-state index in [0.29, 0.717) is 22.5 Å². The van der Waals surface area contributed by atoms with Crippen molar-refractivity contribution < 1.29 is 4.79 Å². The summed E-state index contributed by atoms with van der Waals surface area (Å²) in [5.74, 6) is 3.49. The first-order chi connectivity index (χ1) is 9.19. The zero-order valence-electron chi connectivity index (χ0n) is 10.9. The van der Waals surface area contributed by atoms with Gasteiger partial charge in [-0.3, -0.25) is 4.79 Å². The highest BCUT2D eigenvalue weighted by Crippen LogP contribution is 2.22. The zero-order chi connectivity index (χ0) is 13.7. The minimum absolute atomic E-state index is 0.0830. The number of pyridine rings is 1. The molecule has 104 valence electrons. The number of hydrogen-bond donors (Lipinski definition) is 2. The molecule has 1 fully saturated rings. The lowest BCUT2D eigenvalue weighted by atomic mass is 10.1. The van der Waals surface area contributed by atoms with Gasteiger partial charge in [-0.1, -0.05) is 11.6 Å². The SMILES string of the molecule is CCNc1cc(C(=O)NCC2CCSC2)cc(Cl)n1. The third-order valence-electron chi connectivity index (χ3n) is 2.99. The lowest BCUT2D eigenvalue weighted by Crippen LogP contribution is -2.29. The van der Waals surface area contributed by atoms with Gasteiger partial charge in [-0.2, -0.15) is 11.8 Å². The van der Waals surface area contributed by atoms with E-state index < -0.39 is 0 Å². The standard InChI is InChI=1S/C13H18ClN3OS/c1-2-15-12-6-10(5-11(14)17-12)13(18)16-7-9-3-4-19-8-9/h5-6,9H,2-4,7-8H2,1H3,(H,15,17)(H,16,18). The summed E-state index contributed by atoms with van der Waals surface area (Å²) < 4.78 is 0. The Kier molecular flexibility index (Phi) is 5.34. The van der Waals surface area contributed by atoms with Crippen molar-refractivity contribution in [1.29, 1.82) is 0 Å². The first-order valence-electron chi connectivity index (χ1n) is 6.46. The number of nitrogens with zero attached hydrogens (tertiary/aromatic N) is 1. The van der Waals surface area contributed by atoms with Gasteiger partial charge in [-0.15, -0.1) is 0 Å². The van der Waals surface area contributed by atoms with E-state index in [-0.39, 0.29) is 5.91 Å². The Balaban J connectivity index is 1.97. The number of amides is 1. The lowest BCUT2D eigenvalue weighted by molar-refractivity contribution is 0.0948. The molecule has 1 amide bonds. The molecule has 1 unspecified atom stereocenters. The van der Waals surface area contributed by atoms with Crippen LogP contribution in [0.15, 0.2) is 12.1 Å². The Hall–Kier alpha value is -0.940. The molecule has 2 heterocycles. The van der Waals surface area contributed by atoms with Crippen LogP contribution in [-0.4, -0.2) is 35.5 Å². The zero-order valence-corrected chi connectivity index (χ0v) is 12.5. The predicted molar refractivity (Wildman–Crippen MR) is 81.2 cm³/mol. The van der Waals surface area contributed by atoms with Crippen LogP contribution in [0.2, 0.25) is 5.15 Å². The molecule has 1 aromatic heterocycles. The van der Waals surface area contributed by atoms with Crippen LogP contribution in [0, 0.1) is 5.92 Å². The van der Waals surface area contributed by atoms with E-state index in [1.165, 1.54) is 12.2 Å². The average Bonchev–Trinajstić information content (AvgIpc) is 2.88. The molecule has 0 saturated carbocycles. The number of carbonyl (C=O) groups is 1. The van der Waals surface area contributed by atoms with Gasteiger partial charge < -0.3 is 10.6 Å². The summed E-state index contributed by atoms with van der Waals surface area (Å²) in [6, 6.07) is 3.33. The highest BCUT2D eigenvalue weighted by molar-refractivity contribution is 7.99. The summed E-state index contributed by atoms with van der Waals surface area (Å²) in [6.45, 7) is 3.45. The molecule has 1 aliphatic heterocycles. The minimum atomic E-state index is -0.0830. The van der Waals surface area contributed by atoms with Gasteiger partial charge in [0.1, 0.15) is 11.0 Å². The quantitative estimate of drug-likeness (QED) is 0.821. The molecule has 1 aromatic rings. The Morgan fingerprint density at radius 2 is 2.42 bits per heavy atom. The van der Waals surface area contributed by atoms with Gasteiger partial charge in [0.15, 0.2) is 0 Å². The van der Waals surface area contributed by atoms with E-state index in [1.54, 1.807) is 12.1 Å². The number of aromatic nitrogens is 1. The fourth-order valence-electron chi connectivity index (χ4n) is 1.98. The number of thioether (sulfide) groups is 1. The Morgan fingerprint density at radius 1 is 1.58 bits per heavy atom. The summed E-state index contributed by atoms with van der Waals surface area (Å²) >= 11 is 7.87. The molecule has 2 rings (SSSR count). The number of rotatable bonds is 5. The van der Waals surface area contributed by atoms with Gasteiger partial charge in [-0.05, 0) is 42.9 Å². The van der Waals surface area contributed by atoms with Gasteiger partial charge >= 0.3 is 0 Å². The first kappa shape index (κ1) is 14.5. The van der Waals surface area contributed by atoms with Crippen molar-refractivity contribution in [3.8, 4) is 0 Å². The maximum absolute atomic E-state index is 12.1. The monoisotopic (exact) mass is 299 g/mol. The van der Waals surface area contributed by atoms with Crippen molar-refractivity contribution in [2.75, 3.05) is 29.9 Å². The molecule has 1 saturated heterocycles. The third-order valence-corrected chi connectivity index (χ3v) is 4.41. The second-order valence-electron chi connectivity index (χ2n) is 4.53. The van der Waals surface area contributed by atoms with Crippen LogP contribution in [0.5, 0.6) is 0 Å². The Bertz CT molecular complexity index is 450. The van der Waals surface area contributed by atoms with Crippen molar-refractivity contribution in [2.45, 2.75) is 13.3 Å². The molecule has 0 bridgehead atoms. The van der Waals surface area contributed by atoms with Gasteiger partial charge in [0.25, 0.3) is 5.91 Å². The highest BCUT2D eigenvalue weighted by atomic mass is 35.5. The summed E-state index contributed by atoms with van der Waals surface area (Å²) in [4.78, 5) is 16.2. The largest absolute Gasteiger partial charge is 0.370 e. The molecule has 19 heavy (non-hydrogen) atoms. The molecule has 0 spiro atoms. The molecule has 0 aliphatic carbocycles. The van der Waals surface area contributed by atoms with Crippen LogP contribution in [0.3, 0.4) is 0 Å². The minimum Gasteiger partial charge on any atom is -0.370 e. The molecule has 0 radical (unpaired) electrons. The fraction of sp³-hybridized carbons (Fsp3) is 0.538. The van der Waals surface area contributed by atoms with E-state index in [9.17, 15) is 4.79 Å². The predicted octanol–water partition coefficient (Wildman–Crippen LogP) is 2.65. The van der Waals surface area contributed by atoms with E-state index >= 15 is 0 Å². The van der Waals surface area contributed by atoms with Crippen LogP contribution < -0.4 is 10.6 Å². The van der Waals surface area contributed by atoms with Gasteiger partial charge in [-0.25, -0.2) is 4.98 Å². The molecule has 1 atom stereocenters. The third kappa shape index (κ3) is 4.28. The molecule has 2 N–H and O–H groups in total. The molecule has 4 nitrogen and oxygen atoms in total. The number of halogens is 1. The van der Waals surface area contributed by atoms with Crippen molar-refractivity contribution in [2.24, 2.45) is 5.92 Å². The van der Waals surface area contributed by atoms with E-state index in [0.717, 1.165) is 18.8 Å². The molecular formula is C13H18ClN3OS. The van der Waals surface area contributed by atoms with E-state index in [2.05, 4.69) is 15.6 Å². The number of hydrogen-bond acceptors (Lipinski definition) is 4. The van der Waals surface area contributed by atoms with Gasteiger partial charge in [0, 0.05) is 18.7 Å². The maximum Gasteiger partial charge on any atom is 0.251 e. The van der Waals surface area contributed by atoms with Gasteiger partial charge in [0.2, 0.25) is 0 Å². The van der Waals surface area contributed by atoms with Gasteiger partial charge in [0.05, 0.1) is 0 Å². The van der Waals surface area contributed by atoms with Crippen molar-refractivity contribution in [3.63, 3.8) is 0 Å². The highest BCUT2D eigenvalue weighted by Gasteiger charge is 2.17. The molecular weight excluding hydrogens is 282 g/mol. The fourth-order valence-corrected chi connectivity index (χ4v) is 3.48. The summed E-state index contributed by atoms with van der Waals surface area (Å²) in [5.41, 5.74) is 0.557. The van der Waals surface area contributed by atoms with Crippen LogP contribution in [-0.2, 0) is 0 Å². The Morgan fingerprint density at radius 3 is 3.11 bits per heavy atom. The summed E-state index contributed by atoms with van der Waals surface area (Å²) in [6.07, 6.45) is 1.19. The smallest absolute Gasteiger partial charge is 0.251 e. The van der Waals surface area contributed by atoms with E-state index in [4.69, 9.17) is 11.6 Å². The van der Waals surface area contributed by atoms with Crippen molar-refractivity contribution >= 4 is 35.1 Å². The topological polar surface area (TPSA) is 54.0 Å². The lowest BCUT2D eigenvalue weighted by Gasteiger charge is -2.11. The van der Waals surface area contributed by atoms with Crippen molar-refractivity contribution in [3.05, 3.63) is 22.8 Å². The normalized spacial score (nSPS) is 18.3. The van der Waals surface area contributed by atoms with Crippen LogP contribution in [0.25, 0.3) is 0 Å². The number of carbonyl (C=O) groups excluding carboxylic acids is 1. The van der Waals surface area contributed by atoms with E-state index in [1.807, 2.05) is 18.7 Å². The second kappa shape index (κ2) is 7.01. The van der Waals surface area contributed by atoms with Crippen molar-refractivity contribution in [1.82, 2.24) is 10.3 Å². The van der Waals surface area contributed by atoms with Crippen LogP contribution >= 0.6 is 23.4 Å². The molecule has 0 aromatic carbocycles. The average molecular weight is 300 g/mol. The molecule has 6 heteroatoms. The maximum atomic E-state index is 12.1. The number of anilines is 1. The summed E-state index contributed by atoms with van der Waals surface area (Å²) in [5, 5.41) is 6.37. The van der Waals surface area contributed by atoms with Crippen LogP contribution in [0.4, 0.5) is 5.82 Å². The molecule has 1 aliphatic rings. The number of nitrogens with one attached hydrogen (secondary N) is 2. The first-order valence-corrected chi connectivity index (χ1v) is 7.99. The second-order valence-corrected chi connectivity index (χ2v) is 6.07. The van der Waals surface area contributed by atoms with Crippen LogP contribution in [0.1, 0.15) is 23.7 Å². The summed E-state index contributed by atoms with van der Waals surface area (Å²) in [7, 11) is 0. The Labute approximate surface area is 122 Å².